The molecule has 1 nitrogen and oxygen atoms in total. The summed E-state index contributed by atoms with van der Waals surface area (Å²) >= 11 is 0. The smallest absolute Gasteiger partial charge is 0.0702 e. The van der Waals surface area contributed by atoms with Gasteiger partial charge in [-0.05, 0) is 122 Å². The summed E-state index contributed by atoms with van der Waals surface area (Å²) in [6.45, 7) is 4.63. The Morgan fingerprint density at radius 2 is 0.723 bits per heavy atom. The molecule has 1 heterocycles. The number of benzene rings is 7. The zero-order valence-corrected chi connectivity index (χ0v) is 38.7. The maximum atomic E-state index is 5.17. The van der Waals surface area contributed by atoms with Crippen molar-refractivity contribution < 1.29 is 0 Å². The maximum absolute atomic E-state index is 5.17. The first-order valence-electron chi connectivity index (χ1n) is 24.8. The predicted octanol–water partition coefficient (Wildman–Crippen LogP) is 18.9. The second kappa shape index (κ2) is 21.1. The van der Waals surface area contributed by atoms with Crippen LogP contribution < -0.4 is 0 Å². The van der Waals surface area contributed by atoms with E-state index in [1.165, 1.54) is 162 Å². The summed E-state index contributed by atoms with van der Waals surface area (Å²) in [6, 6.07) is 67.4. The van der Waals surface area contributed by atoms with Gasteiger partial charge in [-0.25, -0.2) is 0 Å². The third-order valence-corrected chi connectivity index (χ3v) is 14.1. The molecular formula is C64H65N. The lowest BCUT2D eigenvalue weighted by Gasteiger charge is -2.33. The Morgan fingerprint density at radius 3 is 1.23 bits per heavy atom. The van der Waals surface area contributed by atoms with Gasteiger partial charge < -0.3 is 0 Å². The Morgan fingerprint density at radius 1 is 0.308 bits per heavy atom. The molecular weight excluding hydrogens is 783 g/mol. The standard InChI is InChI=1S/C64H65N/c1-3-5-7-9-11-18-40-64(41-19-12-10-8-6-4-2)61-35-17-16-34-59(61)60-38-36-57(46-62(60)64)63-39-37-58(47-65-63)56-33-23-32-55(45-56)54-31-22-30-53(44-54)52-29-21-28-51(43-52)50-27-20-26-49(42-50)48-24-14-13-15-25-48/h13-17,20-39,42-47H,3-12,18-19,40-41H2,1-2H3. The van der Waals surface area contributed by atoms with Crippen LogP contribution >= 0.6 is 0 Å². The average molecular weight is 848 g/mol. The maximum Gasteiger partial charge on any atom is 0.0702 e. The third kappa shape index (κ3) is 10.0. The highest BCUT2D eigenvalue weighted by molar-refractivity contribution is 5.84. The van der Waals surface area contributed by atoms with E-state index in [0.717, 1.165) is 11.3 Å². The van der Waals surface area contributed by atoms with Crippen molar-refractivity contribution in [1.29, 1.82) is 0 Å². The Balaban J connectivity index is 0.955. The van der Waals surface area contributed by atoms with E-state index >= 15 is 0 Å². The van der Waals surface area contributed by atoms with Crippen LogP contribution in [-0.2, 0) is 5.41 Å². The van der Waals surface area contributed by atoms with E-state index in [1.807, 2.05) is 0 Å². The number of fused-ring (bicyclic) bond motifs is 3. The van der Waals surface area contributed by atoms with Crippen LogP contribution in [0.5, 0.6) is 0 Å². The number of pyridine rings is 1. The summed E-state index contributed by atoms with van der Waals surface area (Å²) in [4.78, 5) is 5.17. The molecule has 1 aliphatic carbocycles. The second-order valence-corrected chi connectivity index (χ2v) is 18.5. The van der Waals surface area contributed by atoms with Gasteiger partial charge in [-0.15, -0.1) is 0 Å². The number of unbranched alkanes of at least 4 members (excludes halogenated alkanes) is 10. The summed E-state index contributed by atoms with van der Waals surface area (Å²) in [7, 11) is 0. The SMILES string of the molecule is CCCCCCCCC1(CCCCCCCC)c2ccccc2-c2ccc(-c3ccc(-c4cccc(-c5cccc(-c6cccc(-c7cccc(-c8ccccc8)c7)c6)c5)c4)cn3)cc21. The average Bonchev–Trinajstić information content (AvgIpc) is 3.65. The fraction of sp³-hybridized carbons (Fsp3) is 0.266. The Bertz CT molecular complexity index is 2780. The van der Waals surface area contributed by atoms with Gasteiger partial charge in [0.25, 0.3) is 0 Å². The van der Waals surface area contributed by atoms with Crippen molar-refractivity contribution in [2.24, 2.45) is 0 Å². The number of aromatic nitrogens is 1. The Labute approximate surface area is 389 Å². The first kappa shape index (κ1) is 43.9. The molecule has 326 valence electrons. The molecule has 0 fully saturated rings. The molecule has 1 aromatic heterocycles. The highest BCUT2D eigenvalue weighted by atomic mass is 14.7. The first-order chi connectivity index (χ1) is 32.1. The van der Waals surface area contributed by atoms with Gasteiger partial charge in [0, 0.05) is 22.7 Å². The van der Waals surface area contributed by atoms with Crippen molar-refractivity contribution in [1.82, 2.24) is 4.98 Å². The molecule has 0 aliphatic heterocycles. The van der Waals surface area contributed by atoms with Crippen LogP contribution in [0.25, 0.3) is 78.0 Å². The predicted molar refractivity (Wildman–Crippen MR) is 279 cm³/mol. The van der Waals surface area contributed by atoms with Gasteiger partial charge in [-0.1, -0.05) is 236 Å². The number of hydrogen-bond acceptors (Lipinski definition) is 1. The fourth-order valence-corrected chi connectivity index (χ4v) is 10.6. The van der Waals surface area contributed by atoms with Crippen molar-refractivity contribution >= 4 is 0 Å². The molecule has 8 aromatic rings. The molecule has 1 heteroatoms. The molecule has 0 N–H and O–H groups in total. The number of rotatable bonds is 20. The van der Waals surface area contributed by atoms with Crippen LogP contribution in [0.2, 0.25) is 0 Å². The van der Waals surface area contributed by atoms with Gasteiger partial charge in [0.15, 0.2) is 0 Å². The van der Waals surface area contributed by atoms with Crippen LogP contribution in [-0.4, -0.2) is 4.98 Å². The van der Waals surface area contributed by atoms with Crippen molar-refractivity contribution in [2.75, 3.05) is 0 Å². The molecule has 9 rings (SSSR count). The Kier molecular flexibility index (Phi) is 14.3. The minimum atomic E-state index is 0.0619. The monoisotopic (exact) mass is 848 g/mol. The van der Waals surface area contributed by atoms with E-state index in [1.54, 1.807) is 5.56 Å². The van der Waals surface area contributed by atoms with Gasteiger partial charge in [-0.2, -0.15) is 0 Å². The van der Waals surface area contributed by atoms with E-state index in [9.17, 15) is 0 Å². The minimum Gasteiger partial charge on any atom is -0.256 e. The molecule has 0 bridgehead atoms. The summed E-state index contributed by atoms with van der Waals surface area (Å²) in [5, 5.41) is 0. The Hall–Kier alpha value is -6.31. The summed E-state index contributed by atoms with van der Waals surface area (Å²) in [6.07, 6.45) is 20.5. The van der Waals surface area contributed by atoms with E-state index in [-0.39, 0.29) is 5.41 Å². The van der Waals surface area contributed by atoms with Crippen LogP contribution in [0.1, 0.15) is 115 Å². The molecule has 0 unspecified atom stereocenters. The molecule has 1 aliphatic rings. The molecule has 0 amide bonds. The molecule has 7 aromatic carbocycles. The highest BCUT2D eigenvalue weighted by Crippen LogP contribution is 2.55. The molecule has 0 saturated carbocycles. The normalized spacial score (nSPS) is 12.5. The van der Waals surface area contributed by atoms with Crippen molar-refractivity contribution in [3.05, 3.63) is 199 Å². The zero-order valence-electron chi connectivity index (χ0n) is 38.7. The van der Waals surface area contributed by atoms with Crippen LogP contribution in [0.4, 0.5) is 0 Å². The lowest BCUT2D eigenvalue weighted by molar-refractivity contribution is 0.398. The van der Waals surface area contributed by atoms with Gasteiger partial charge in [0.1, 0.15) is 0 Å². The van der Waals surface area contributed by atoms with E-state index in [0.29, 0.717) is 0 Å². The van der Waals surface area contributed by atoms with Crippen LogP contribution in [0, 0.1) is 0 Å². The third-order valence-electron chi connectivity index (χ3n) is 14.1. The number of nitrogens with zero attached hydrogens (tertiary/aromatic N) is 1. The molecule has 0 saturated heterocycles. The fourth-order valence-electron chi connectivity index (χ4n) is 10.6. The molecule has 0 radical (unpaired) electrons. The van der Waals surface area contributed by atoms with Crippen molar-refractivity contribution in [2.45, 2.75) is 109 Å². The van der Waals surface area contributed by atoms with E-state index in [4.69, 9.17) is 4.98 Å². The van der Waals surface area contributed by atoms with Crippen molar-refractivity contribution in [3.8, 4) is 78.0 Å². The van der Waals surface area contributed by atoms with Gasteiger partial charge in [-0.3, -0.25) is 4.98 Å². The molecule has 0 atom stereocenters. The van der Waals surface area contributed by atoms with Gasteiger partial charge >= 0.3 is 0 Å². The molecule has 65 heavy (non-hydrogen) atoms. The second-order valence-electron chi connectivity index (χ2n) is 18.5. The topological polar surface area (TPSA) is 12.9 Å². The van der Waals surface area contributed by atoms with E-state index < -0.39 is 0 Å². The molecule has 0 spiro atoms. The van der Waals surface area contributed by atoms with Gasteiger partial charge in [0.2, 0.25) is 0 Å². The zero-order chi connectivity index (χ0) is 44.3. The quantitative estimate of drug-likeness (QED) is 0.0697. The van der Waals surface area contributed by atoms with E-state index in [2.05, 4.69) is 202 Å². The summed E-state index contributed by atoms with van der Waals surface area (Å²) in [5.74, 6) is 0. The van der Waals surface area contributed by atoms with Crippen molar-refractivity contribution in [3.63, 3.8) is 0 Å². The summed E-state index contributed by atoms with van der Waals surface area (Å²) in [5.41, 5.74) is 20.3. The lowest BCUT2D eigenvalue weighted by Crippen LogP contribution is -2.25. The minimum absolute atomic E-state index is 0.0619. The first-order valence-corrected chi connectivity index (χ1v) is 24.8. The van der Waals surface area contributed by atoms with Crippen LogP contribution in [0.3, 0.4) is 0 Å². The van der Waals surface area contributed by atoms with Gasteiger partial charge in [0.05, 0.1) is 5.69 Å². The summed E-state index contributed by atoms with van der Waals surface area (Å²) < 4.78 is 0. The number of hydrogen-bond donors (Lipinski definition) is 0. The lowest BCUT2D eigenvalue weighted by atomic mass is 9.70. The highest BCUT2D eigenvalue weighted by Gasteiger charge is 2.42. The largest absolute Gasteiger partial charge is 0.256 e. The van der Waals surface area contributed by atoms with Crippen LogP contribution in [0.15, 0.2) is 188 Å².